The molecule has 0 amide bonds. The summed E-state index contributed by atoms with van der Waals surface area (Å²) in [5.74, 6) is -0.301. The number of hydrogen-bond donors (Lipinski definition) is 1. The molecule has 60 valence electrons. The summed E-state index contributed by atoms with van der Waals surface area (Å²) in [4.78, 5) is 3.37. The van der Waals surface area contributed by atoms with E-state index in [9.17, 15) is 8.78 Å². The molecule has 1 N–H and O–H groups in total. The van der Waals surface area contributed by atoms with Crippen LogP contribution in [0.3, 0.4) is 0 Å². The topological polar surface area (TPSA) is 42.4 Å². The number of nitrogens with zero attached hydrogens (tertiary/aromatic N) is 1. The van der Waals surface area contributed by atoms with Crippen molar-refractivity contribution in [2.24, 2.45) is 0 Å². The van der Waals surface area contributed by atoms with Gasteiger partial charge in [-0.1, -0.05) is 0 Å². The molecule has 0 aliphatic carbocycles. The van der Waals surface area contributed by atoms with Gasteiger partial charge in [-0.3, -0.25) is 0 Å². The zero-order valence-electron chi connectivity index (χ0n) is 5.37. The van der Waals surface area contributed by atoms with E-state index in [1.165, 1.54) is 6.07 Å². The van der Waals surface area contributed by atoms with Crippen LogP contribution in [0.15, 0.2) is 18.3 Å². The van der Waals surface area contributed by atoms with E-state index in [2.05, 4.69) is 9.72 Å². The Bertz CT molecular complexity index is 225. The van der Waals surface area contributed by atoms with Gasteiger partial charge in [-0.05, 0) is 6.07 Å². The molecule has 0 bridgehead atoms. The first-order valence-electron chi connectivity index (χ1n) is 2.78. The highest BCUT2D eigenvalue weighted by molar-refractivity contribution is 5.20. The first kappa shape index (κ1) is 7.71. The largest absolute Gasteiger partial charge is 0.506 e. The van der Waals surface area contributed by atoms with Gasteiger partial charge in [-0.25, -0.2) is 4.98 Å². The van der Waals surface area contributed by atoms with Gasteiger partial charge in [0.05, 0.1) is 6.20 Å². The van der Waals surface area contributed by atoms with Crippen LogP contribution in [-0.2, 0) is 0 Å². The maximum atomic E-state index is 11.5. The van der Waals surface area contributed by atoms with Crippen molar-refractivity contribution in [1.82, 2.24) is 4.98 Å². The summed E-state index contributed by atoms with van der Waals surface area (Å²) in [6.45, 7) is -2.88. The highest BCUT2D eigenvalue weighted by atomic mass is 19.3. The second-order valence-corrected chi connectivity index (χ2v) is 1.73. The highest BCUT2D eigenvalue weighted by Gasteiger charge is 2.03. The van der Waals surface area contributed by atoms with Gasteiger partial charge in [0.1, 0.15) is 5.75 Å². The van der Waals surface area contributed by atoms with E-state index in [0.717, 1.165) is 12.3 Å². The summed E-state index contributed by atoms with van der Waals surface area (Å²) in [6, 6.07) is 2.37. The lowest BCUT2D eigenvalue weighted by Crippen LogP contribution is -2.02. The molecule has 0 aromatic carbocycles. The van der Waals surface area contributed by atoms with E-state index in [-0.39, 0.29) is 11.6 Å². The molecule has 0 saturated carbocycles. The molecule has 11 heavy (non-hydrogen) atoms. The van der Waals surface area contributed by atoms with Crippen molar-refractivity contribution in [2.75, 3.05) is 0 Å². The number of pyridine rings is 1. The summed E-state index contributed by atoms with van der Waals surface area (Å²) in [6.07, 6.45) is 1.03. The van der Waals surface area contributed by atoms with E-state index >= 15 is 0 Å². The lowest BCUT2D eigenvalue weighted by Gasteiger charge is -2.01. The maximum Gasteiger partial charge on any atom is 0.388 e. The standard InChI is InChI=1S/C6H5F2NO2/c7-6(8)11-5-2-1-4(10)3-9-5/h1-3,6,10H. The monoisotopic (exact) mass is 161 g/mol. The van der Waals surface area contributed by atoms with E-state index < -0.39 is 6.61 Å². The molecular weight excluding hydrogens is 156 g/mol. The summed E-state index contributed by atoms with van der Waals surface area (Å²) in [5, 5.41) is 8.69. The number of ether oxygens (including phenoxy) is 1. The first-order valence-corrected chi connectivity index (χ1v) is 2.78. The zero-order chi connectivity index (χ0) is 8.27. The predicted octanol–water partition coefficient (Wildman–Crippen LogP) is 1.39. The molecule has 0 spiro atoms. The van der Waals surface area contributed by atoms with Gasteiger partial charge in [-0.2, -0.15) is 8.78 Å². The minimum absolute atomic E-state index is 0.0911. The molecule has 0 aliphatic rings. The minimum atomic E-state index is -2.88. The zero-order valence-corrected chi connectivity index (χ0v) is 5.37. The number of halogens is 2. The molecule has 3 nitrogen and oxygen atoms in total. The van der Waals surface area contributed by atoms with Gasteiger partial charge in [0, 0.05) is 6.07 Å². The van der Waals surface area contributed by atoms with Crippen molar-refractivity contribution in [1.29, 1.82) is 0 Å². The second kappa shape index (κ2) is 3.14. The van der Waals surface area contributed by atoms with Gasteiger partial charge < -0.3 is 9.84 Å². The average molecular weight is 161 g/mol. The summed E-state index contributed by atoms with van der Waals surface area (Å²) in [7, 11) is 0. The molecule has 0 radical (unpaired) electrons. The average Bonchev–Trinajstić information content (AvgIpc) is 1.93. The molecule has 1 heterocycles. The summed E-state index contributed by atoms with van der Waals surface area (Å²) >= 11 is 0. The van der Waals surface area contributed by atoms with Gasteiger partial charge in [0.25, 0.3) is 0 Å². The van der Waals surface area contributed by atoms with Crippen LogP contribution in [0.5, 0.6) is 11.6 Å². The fourth-order valence-electron chi connectivity index (χ4n) is 0.533. The Labute approximate surface area is 61.3 Å². The van der Waals surface area contributed by atoms with Crippen molar-refractivity contribution in [3.63, 3.8) is 0 Å². The Hall–Kier alpha value is -1.39. The second-order valence-electron chi connectivity index (χ2n) is 1.73. The van der Waals surface area contributed by atoms with Crippen LogP contribution in [0.2, 0.25) is 0 Å². The SMILES string of the molecule is Oc1ccc(OC(F)F)nc1. The Kier molecular flexibility index (Phi) is 2.20. The van der Waals surface area contributed by atoms with Crippen molar-refractivity contribution < 1.29 is 18.6 Å². The van der Waals surface area contributed by atoms with Crippen molar-refractivity contribution in [2.45, 2.75) is 6.61 Å². The van der Waals surface area contributed by atoms with Gasteiger partial charge in [-0.15, -0.1) is 0 Å². The van der Waals surface area contributed by atoms with Crippen molar-refractivity contribution in [3.8, 4) is 11.6 Å². The molecule has 1 rings (SSSR count). The highest BCUT2D eigenvalue weighted by Crippen LogP contribution is 2.13. The Balaban J connectivity index is 2.66. The molecule has 1 aromatic rings. The molecule has 0 saturated heterocycles. The lowest BCUT2D eigenvalue weighted by molar-refractivity contribution is -0.0529. The molecule has 0 fully saturated rings. The van der Waals surface area contributed by atoms with Crippen LogP contribution in [0, 0.1) is 0 Å². The Morgan fingerprint density at radius 3 is 2.64 bits per heavy atom. The fraction of sp³-hybridized carbons (Fsp3) is 0.167. The van der Waals surface area contributed by atoms with Crippen molar-refractivity contribution >= 4 is 0 Å². The van der Waals surface area contributed by atoms with Crippen molar-refractivity contribution in [3.05, 3.63) is 18.3 Å². The van der Waals surface area contributed by atoms with Crippen LogP contribution in [-0.4, -0.2) is 16.7 Å². The van der Waals surface area contributed by atoms with E-state index in [4.69, 9.17) is 5.11 Å². The summed E-state index contributed by atoms with van der Waals surface area (Å²) < 4.78 is 26.9. The van der Waals surface area contributed by atoms with Crippen LogP contribution in [0.25, 0.3) is 0 Å². The van der Waals surface area contributed by atoms with Crippen LogP contribution < -0.4 is 4.74 Å². The quantitative estimate of drug-likeness (QED) is 0.712. The predicted molar refractivity (Wildman–Crippen MR) is 32.5 cm³/mol. The normalized spacial score (nSPS) is 10.1. The van der Waals surface area contributed by atoms with Crippen LogP contribution >= 0.6 is 0 Å². The smallest absolute Gasteiger partial charge is 0.388 e. The molecule has 0 aliphatic heterocycles. The Morgan fingerprint density at radius 2 is 2.18 bits per heavy atom. The minimum Gasteiger partial charge on any atom is -0.506 e. The summed E-state index contributed by atoms with van der Waals surface area (Å²) in [5.41, 5.74) is 0. The molecular formula is C6H5F2NO2. The van der Waals surface area contributed by atoms with E-state index in [0.29, 0.717) is 0 Å². The maximum absolute atomic E-state index is 11.5. The third-order valence-corrected chi connectivity index (χ3v) is 0.931. The fourth-order valence-corrected chi connectivity index (χ4v) is 0.533. The molecule has 0 unspecified atom stereocenters. The van der Waals surface area contributed by atoms with Gasteiger partial charge in [0.2, 0.25) is 5.88 Å². The first-order chi connectivity index (χ1) is 5.18. The van der Waals surface area contributed by atoms with E-state index in [1.807, 2.05) is 0 Å². The van der Waals surface area contributed by atoms with Gasteiger partial charge >= 0.3 is 6.61 Å². The van der Waals surface area contributed by atoms with Crippen LogP contribution in [0.4, 0.5) is 8.78 Å². The molecule has 1 aromatic heterocycles. The van der Waals surface area contributed by atoms with E-state index in [1.54, 1.807) is 0 Å². The third kappa shape index (κ3) is 2.37. The molecule has 5 heteroatoms. The number of aromatic nitrogens is 1. The Morgan fingerprint density at radius 1 is 1.45 bits per heavy atom. The third-order valence-electron chi connectivity index (χ3n) is 0.931. The lowest BCUT2D eigenvalue weighted by atomic mass is 10.4. The number of aromatic hydroxyl groups is 1. The van der Waals surface area contributed by atoms with Gasteiger partial charge in [0.15, 0.2) is 0 Å². The number of alkyl halides is 2. The number of rotatable bonds is 2. The molecule has 0 atom stereocenters. The van der Waals surface area contributed by atoms with Crippen LogP contribution in [0.1, 0.15) is 0 Å². The number of hydrogen-bond acceptors (Lipinski definition) is 3.